The molecule has 200 valence electrons. The van der Waals surface area contributed by atoms with Gasteiger partial charge in [0, 0.05) is 21.4 Å². The summed E-state index contributed by atoms with van der Waals surface area (Å²) in [7, 11) is 0. The van der Waals surface area contributed by atoms with Crippen molar-refractivity contribution in [2.24, 2.45) is 4.99 Å². The maximum Gasteiger partial charge on any atom is 0.338 e. The number of thiazole rings is 1. The van der Waals surface area contributed by atoms with E-state index in [9.17, 15) is 9.59 Å². The lowest BCUT2D eigenvalue weighted by molar-refractivity contribution is -0.139. The molecule has 39 heavy (non-hydrogen) atoms. The molecule has 2 aromatic heterocycles. The number of carbonyl (C=O) groups excluding carboxylic acids is 1. The Labute approximate surface area is 244 Å². The zero-order chi connectivity index (χ0) is 28.0. The van der Waals surface area contributed by atoms with Gasteiger partial charge in [-0.15, -0.1) is 0 Å². The Hall–Kier alpha value is -3.10. The third-order valence-electron chi connectivity index (χ3n) is 6.62. The molecule has 0 aliphatic carbocycles. The van der Waals surface area contributed by atoms with E-state index in [-0.39, 0.29) is 12.2 Å². The van der Waals surface area contributed by atoms with Crippen LogP contribution in [0.1, 0.15) is 42.4 Å². The number of esters is 1. The number of hydrogen-bond donors (Lipinski definition) is 0. The summed E-state index contributed by atoms with van der Waals surface area (Å²) in [5.41, 5.74) is 4.65. The number of halogens is 3. The van der Waals surface area contributed by atoms with E-state index in [4.69, 9.17) is 39.5 Å². The molecule has 0 saturated carbocycles. The van der Waals surface area contributed by atoms with Gasteiger partial charge in [-0.1, -0.05) is 64.3 Å². The molecule has 2 aromatic carbocycles. The van der Waals surface area contributed by atoms with Crippen LogP contribution in [0.2, 0.25) is 15.1 Å². The predicted molar refractivity (Wildman–Crippen MR) is 157 cm³/mol. The first kappa shape index (κ1) is 27.5. The summed E-state index contributed by atoms with van der Waals surface area (Å²) in [5, 5.41) is 1.52. The van der Waals surface area contributed by atoms with Crippen LogP contribution in [0, 0.1) is 13.8 Å². The zero-order valence-corrected chi connectivity index (χ0v) is 24.7. The summed E-state index contributed by atoms with van der Waals surface area (Å²) in [6.07, 6.45) is 1.85. The molecule has 0 unspecified atom stereocenters. The highest BCUT2D eigenvalue weighted by Gasteiger charge is 2.34. The number of allylic oxidation sites excluding steroid dienone is 1. The van der Waals surface area contributed by atoms with Crippen LogP contribution in [-0.4, -0.2) is 21.7 Å². The maximum atomic E-state index is 13.9. The second-order valence-corrected chi connectivity index (χ2v) is 11.3. The fourth-order valence-electron chi connectivity index (χ4n) is 4.89. The molecule has 10 heteroatoms. The summed E-state index contributed by atoms with van der Waals surface area (Å²) >= 11 is 20.4. The minimum atomic E-state index is -0.767. The molecular formula is C29H24Cl3N3O3S. The second kappa shape index (κ2) is 10.8. The van der Waals surface area contributed by atoms with Gasteiger partial charge in [-0.05, 0) is 75.2 Å². The number of fused-ring (bicyclic) bond motifs is 1. The highest BCUT2D eigenvalue weighted by Crippen LogP contribution is 2.34. The molecule has 1 atom stereocenters. The molecule has 0 bridgehead atoms. The van der Waals surface area contributed by atoms with Gasteiger partial charge in [0.1, 0.15) is 6.04 Å². The number of aromatic nitrogens is 2. The first-order chi connectivity index (χ1) is 18.6. The number of aryl methyl sites for hydroxylation is 1. The molecule has 5 rings (SSSR count). The number of hydrogen-bond acceptors (Lipinski definition) is 5. The fraction of sp³-hybridized carbons (Fsp3) is 0.207. The predicted octanol–water partition coefficient (Wildman–Crippen LogP) is 6.17. The molecule has 0 radical (unpaired) electrons. The second-order valence-electron chi connectivity index (χ2n) is 9.08. The van der Waals surface area contributed by atoms with E-state index in [2.05, 4.69) is 4.99 Å². The van der Waals surface area contributed by atoms with Crippen molar-refractivity contribution in [3.05, 3.63) is 117 Å². The van der Waals surface area contributed by atoms with Gasteiger partial charge in [-0.3, -0.25) is 9.36 Å². The van der Waals surface area contributed by atoms with Gasteiger partial charge in [-0.2, -0.15) is 0 Å². The van der Waals surface area contributed by atoms with E-state index in [0.29, 0.717) is 41.2 Å². The largest absolute Gasteiger partial charge is 0.463 e. The van der Waals surface area contributed by atoms with Crippen LogP contribution in [0.5, 0.6) is 0 Å². The number of ether oxygens (including phenoxy) is 1. The van der Waals surface area contributed by atoms with Crippen LogP contribution in [-0.2, 0) is 9.53 Å². The van der Waals surface area contributed by atoms with Gasteiger partial charge in [0.15, 0.2) is 4.80 Å². The standard InChI is InChI=1S/C29H24Cl3N3O3S/c1-5-38-28(37)25-16(3)33-29-35(26(25)20-8-6-7-9-21(20)31)27(36)24(39-29)13-18-12-15(2)34(17(18)4)23-11-10-19(30)14-22(23)32/h6-14,26H,5H2,1-4H3/b24-13-/t26-/m0/s1. The van der Waals surface area contributed by atoms with Crippen LogP contribution < -0.4 is 14.9 Å². The van der Waals surface area contributed by atoms with E-state index >= 15 is 0 Å². The Bertz CT molecular complexity index is 1850. The number of nitrogens with zero attached hydrogens (tertiary/aromatic N) is 3. The molecule has 4 aromatic rings. The molecule has 6 nitrogen and oxygen atoms in total. The van der Waals surface area contributed by atoms with Gasteiger partial charge in [0.25, 0.3) is 5.56 Å². The lowest BCUT2D eigenvalue weighted by Crippen LogP contribution is -2.40. The third kappa shape index (κ3) is 4.89. The van der Waals surface area contributed by atoms with Crippen molar-refractivity contribution in [3.8, 4) is 5.69 Å². The monoisotopic (exact) mass is 599 g/mol. The van der Waals surface area contributed by atoms with Gasteiger partial charge in [0.2, 0.25) is 0 Å². The van der Waals surface area contributed by atoms with E-state index in [1.165, 1.54) is 15.9 Å². The quantitative estimate of drug-likeness (QED) is 0.258. The summed E-state index contributed by atoms with van der Waals surface area (Å²) in [6, 6.07) is 13.8. The van der Waals surface area contributed by atoms with Gasteiger partial charge >= 0.3 is 5.97 Å². The Morgan fingerprint density at radius 2 is 1.82 bits per heavy atom. The first-order valence-corrected chi connectivity index (χ1v) is 14.2. The van der Waals surface area contributed by atoms with Crippen LogP contribution in [0.4, 0.5) is 0 Å². The molecular weight excluding hydrogens is 577 g/mol. The van der Waals surface area contributed by atoms with Crippen molar-refractivity contribution in [3.63, 3.8) is 0 Å². The van der Waals surface area contributed by atoms with E-state index in [1.807, 2.05) is 48.8 Å². The SMILES string of the molecule is CCOC(=O)C1=C(C)N=c2s/c(=C\c3cc(C)n(-c4ccc(Cl)cc4Cl)c3C)c(=O)n2[C@H]1c1ccccc1Cl. The third-order valence-corrected chi connectivity index (χ3v) is 8.49. The van der Waals surface area contributed by atoms with Gasteiger partial charge < -0.3 is 9.30 Å². The van der Waals surface area contributed by atoms with Crippen LogP contribution >= 0.6 is 46.1 Å². The normalized spacial score (nSPS) is 15.4. The van der Waals surface area contributed by atoms with Crippen molar-refractivity contribution in [1.29, 1.82) is 0 Å². The lowest BCUT2D eigenvalue weighted by atomic mass is 9.96. The molecule has 0 N–H and O–H groups in total. The highest BCUT2D eigenvalue weighted by molar-refractivity contribution is 7.07. The summed E-state index contributed by atoms with van der Waals surface area (Å²) in [6.45, 7) is 7.63. The number of carbonyl (C=O) groups is 1. The van der Waals surface area contributed by atoms with Crippen molar-refractivity contribution >= 4 is 58.2 Å². The fourth-order valence-corrected chi connectivity index (χ4v) is 6.66. The topological polar surface area (TPSA) is 65.6 Å². The zero-order valence-electron chi connectivity index (χ0n) is 21.6. The summed E-state index contributed by atoms with van der Waals surface area (Å²) in [4.78, 5) is 32.1. The summed E-state index contributed by atoms with van der Waals surface area (Å²) < 4.78 is 9.39. The minimum Gasteiger partial charge on any atom is -0.463 e. The average molecular weight is 601 g/mol. The van der Waals surface area contributed by atoms with E-state index in [0.717, 1.165) is 22.6 Å². The van der Waals surface area contributed by atoms with Crippen LogP contribution in [0.25, 0.3) is 11.8 Å². The Morgan fingerprint density at radius 1 is 1.08 bits per heavy atom. The maximum absolute atomic E-state index is 13.9. The molecule has 0 fully saturated rings. The minimum absolute atomic E-state index is 0.197. The van der Waals surface area contributed by atoms with Crippen molar-refractivity contribution < 1.29 is 9.53 Å². The molecule has 3 heterocycles. The summed E-state index contributed by atoms with van der Waals surface area (Å²) in [5.74, 6) is -0.527. The Kier molecular flexibility index (Phi) is 7.62. The molecule has 0 saturated heterocycles. The van der Waals surface area contributed by atoms with Gasteiger partial charge in [-0.25, -0.2) is 9.79 Å². The van der Waals surface area contributed by atoms with Crippen molar-refractivity contribution in [2.45, 2.75) is 33.7 Å². The van der Waals surface area contributed by atoms with E-state index < -0.39 is 12.0 Å². The number of benzene rings is 2. The molecule has 0 amide bonds. The smallest absolute Gasteiger partial charge is 0.338 e. The van der Waals surface area contributed by atoms with E-state index in [1.54, 1.807) is 38.1 Å². The Balaban J connectivity index is 1.71. The van der Waals surface area contributed by atoms with Crippen LogP contribution in [0.3, 0.4) is 0 Å². The lowest BCUT2D eigenvalue weighted by Gasteiger charge is -2.25. The highest BCUT2D eigenvalue weighted by atomic mass is 35.5. The molecule has 0 spiro atoms. The first-order valence-electron chi connectivity index (χ1n) is 12.2. The van der Waals surface area contributed by atoms with Crippen molar-refractivity contribution in [2.75, 3.05) is 6.61 Å². The Morgan fingerprint density at radius 3 is 2.51 bits per heavy atom. The molecule has 1 aliphatic heterocycles. The van der Waals surface area contributed by atoms with Crippen LogP contribution in [0.15, 0.2) is 69.6 Å². The van der Waals surface area contributed by atoms with Gasteiger partial charge in [0.05, 0.1) is 33.1 Å². The molecule has 1 aliphatic rings. The van der Waals surface area contributed by atoms with Crippen molar-refractivity contribution in [1.82, 2.24) is 9.13 Å². The number of rotatable bonds is 5. The average Bonchev–Trinajstić information content (AvgIpc) is 3.33.